The summed E-state index contributed by atoms with van der Waals surface area (Å²) in [5.74, 6) is 0.996. The van der Waals surface area contributed by atoms with Crippen LogP contribution in [0.15, 0.2) is 65.6 Å². The van der Waals surface area contributed by atoms with E-state index in [1.807, 2.05) is 52.3 Å². The monoisotopic (exact) mass is 435 g/mol. The molecule has 2 heterocycles. The van der Waals surface area contributed by atoms with Crippen molar-refractivity contribution < 1.29 is 13.0 Å². The maximum atomic E-state index is 12.2. The number of aromatic nitrogens is 2. The van der Waals surface area contributed by atoms with Crippen LogP contribution in [0.2, 0.25) is 0 Å². The highest BCUT2D eigenvalue weighted by atomic mass is 32.2. The van der Waals surface area contributed by atoms with Gasteiger partial charge in [0.15, 0.2) is 0 Å². The van der Waals surface area contributed by atoms with Gasteiger partial charge in [0.05, 0.1) is 11.2 Å². The maximum absolute atomic E-state index is 12.2. The Kier molecular flexibility index (Phi) is 4.64. The molecule has 1 aliphatic heterocycles. The number of rotatable bonds is 3. The van der Waals surface area contributed by atoms with Crippen molar-refractivity contribution in [1.29, 1.82) is 0 Å². The van der Waals surface area contributed by atoms with Gasteiger partial charge in [0, 0.05) is 37.0 Å². The topological polar surface area (TPSA) is 113 Å². The van der Waals surface area contributed by atoms with E-state index >= 15 is 0 Å². The Balaban J connectivity index is 1.46. The molecular formula is C22H21N5O3S. The smallest absolute Gasteiger partial charge is 0.297 e. The summed E-state index contributed by atoms with van der Waals surface area (Å²) in [4.78, 5) is 13.0. The van der Waals surface area contributed by atoms with Crippen LogP contribution in [0.4, 0.5) is 17.5 Å². The van der Waals surface area contributed by atoms with Crippen LogP contribution in [0.3, 0.4) is 0 Å². The SMILES string of the molecule is Nc1nc(N2CCN(c3ccc4ccccc4c3S(=O)(=O)O)CC2)nc2ccccc12. The van der Waals surface area contributed by atoms with Gasteiger partial charge < -0.3 is 15.5 Å². The second kappa shape index (κ2) is 7.36. The van der Waals surface area contributed by atoms with Crippen molar-refractivity contribution in [2.24, 2.45) is 0 Å². The second-order valence-corrected chi connectivity index (χ2v) is 8.87. The number of nitrogen functional groups attached to an aromatic ring is 1. The lowest BCUT2D eigenvalue weighted by Crippen LogP contribution is -2.47. The van der Waals surface area contributed by atoms with Crippen LogP contribution < -0.4 is 15.5 Å². The first-order chi connectivity index (χ1) is 14.9. The average molecular weight is 436 g/mol. The number of benzene rings is 3. The number of hydrogen-bond acceptors (Lipinski definition) is 7. The fourth-order valence-electron chi connectivity index (χ4n) is 4.13. The normalized spacial score (nSPS) is 15.0. The predicted octanol–water partition coefficient (Wildman–Crippen LogP) is 2.94. The zero-order valence-corrected chi connectivity index (χ0v) is 17.5. The third-order valence-electron chi connectivity index (χ3n) is 5.64. The Bertz CT molecular complexity index is 1400. The third kappa shape index (κ3) is 3.51. The van der Waals surface area contributed by atoms with Crippen LogP contribution in [-0.4, -0.2) is 49.1 Å². The second-order valence-electron chi connectivity index (χ2n) is 7.51. The highest BCUT2D eigenvalue weighted by molar-refractivity contribution is 7.86. The molecule has 0 unspecified atom stereocenters. The summed E-state index contributed by atoms with van der Waals surface area (Å²) in [6, 6.07) is 18.4. The summed E-state index contributed by atoms with van der Waals surface area (Å²) in [7, 11) is -4.40. The Hall–Kier alpha value is -3.43. The van der Waals surface area contributed by atoms with Crippen LogP contribution in [-0.2, 0) is 10.1 Å². The fraction of sp³-hybridized carbons (Fsp3) is 0.182. The van der Waals surface area contributed by atoms with E-state index in [2.05, 4.69) is 9.97 Å². The first-order valence-corrected chi connectivity index (χ1v) is 11.4. The fourth-order valence-corrected chi connectivity index (χ4v) is 5.05. The zero-order valence-electron chi connectivity index (χ0n) is 16.6. The van der Waals surface area contributed by atoms with Gasteiger partial charge in [-0.05, 0) is 23.6 Å². The molecular weight excluding hydrogens is 414 g/mol. The van der Waals surface area contributed by atoms with Crippen molar-refractivity contribution in [3.63, 3.8) is 0 Å². The molecule has 0 saturated carbocycles. The van der Waals surface area contributed by atoms with Crippen LogP contribution >= 0.6 is 0 Å². The summed E-state index contributed by atoms with van der Waals surface area (Å²) in [5.41, 5.74) is 7.41. The molecule has 9 heteroatoms. The molecule has 31 heavy (non-hydrogen) atoms. The van der Waals surface area contributed by atoms with Crippen LogP contribution in [0, 0.1) is 0 Å². The van der Waals surface area contributed by atoms with Crippen molar-refractivity contribution in [2.45, 2.75) is 4.90 Å². The van der Waals surface area contributed by atoms with E-state index in [0.29, 0.717) is 49.0 Å². The number of nitrogens with zero attached hydrogens (tertiary/aromatic N) is 4. The maximum Gasteiger partial charge on any atom is 0.297 e. The zero-order chi connectivity index (χ0) is 21.6. The summed E-state index contributed by atoms with van der Waals surface area (Å²) in [6.45, 7) is 2.29. The Morgan fingerprint density at radius 3 is 2.19 bits per heavy atom. The first-order valence-electron chi connectivity index (χ1n) is 9.93. The van der Waals surface area contributed by atoms with E-state index in [-0.39, 0.29) is 4.90 Å². The van der Waals surface area contributed by atoms with E-state index in [4.69, 9.17) is 5.73 Å². The molecule has 1 aromatic heterocycles. The molecule has 8 nitrogen and oxygen atoms in total. The highest BCUT2D eigenvalue weighted by Gasteiger charge is 2.26. The van der Waals surface area contributed by atoms with Gasteiger partial charge >= 0.3 is 0 Å². The van der Waals surface area contributed by atoms with E-state index in [1.165, 1.54) is 0 Å². The summed E-state index contributed by atoms with van der Waals surface area (Å²) in [5, 5.41) is 2.09. The molecule has 1 saturated heterocycles. The molecule has 5 rings (SSSR count). The number of para-hydroxylation sites is 1. The Morgan fingerprint density at radius 2 is 1.45 bits per heavy atom. The lowest BCUT2D eigenvalue weighted by molar-refractivity contribution is 0.483. The summed E-state index contributed by atoms with van der Waals surface area (Å²) < 4.78 is 34.4. The standard InChI is InChI=1S/C22H21N5O3S/c23-21-17-7-3-4-8-18(17)24-22(25-21)27-13-11-26(12-14-27)19-10-9-15-5-1-2-6-16(15)20(19)31(28,29)30/h1-10H,11-14H2,(H2,23,24,25)(H,28,29,30). The number of hydrogen-bond donors (Lipinski definition) is 2. The summed E-state index contributed by atoms with van der Waals surface area (Å²) in [6.07, 6.45) is 0. The van der Waals surface area contributed by atoms with Gasteiger partial charge in [-0.1, -0.05) is 42.5 Å². The molecule has 0 aliphatic carbocycles. The lowest BCUT2D eigenvalue weighted by atomic mass is 10.1. The van der Waals surface area contributed by atoms with E-state index in [0.717, 1.165) is 16.3 Å². The minimum atomic E-state index is -4.40. The van der Waals surface area contributed by atoms with Gasteiger partial charge in [0.1, 0.15) is 10.7 Å². The van der Waals surface area contributed by atoms with Crippen molar-refractivity contribution in [2.75, 3.05) is 41.7 Å². The third-order valence-corrected chi connectivity index (χ3v) is 6.59. The molecule has 0 spiro atoms. The predicted molar refractivity (Wildman–Crippen MR) is 122 cm³/mol. The Labute approximate surface area is 179 Å². The van der Waals surface area contributed by atoms with Crippen LogP contribution in [0.25, 0.3) is 21.7 Å². The highest BCUT2D eigenvalue weighted by Crippen LogP contribution is 2.34. The number of nitrogens with two attached hydrogens (primary N) is 1. The number of piperazine rings is 1. The van der Waals surface area contributed by atoms with Crippen molar-refractivity contribution in [3.8, 4) is 0 Å². The molecule has 3 N–H and O–H groups in total. The quantitative estimate of drug-likeness (QED) is 0.472. The first kappa shape index (κ1) is 19.5. The van der Waals surface area contributed by atoms with Gasteiger partial charge in [-0.3, -0.25) is 4.55 Å². The molecule has 0 radical (unpaired) electrons. The van der Waals surface area contributed by atoms with Crippen molar-refractivity contribution >= 4 is 49.2 Å². The van der Waals surface area contributed by atoms with Gasteiger partial charge in [-0.2, -0.15) is 13.4 Å². The summed E-state index contributed by atoms with van der Waals surface area (Å²) >= 11 is 0. The van der Waals surface area contributed by atoms with Crippen molar-refractivity contribution in [3.05, 3.63) is 60.7 Å². The number of fused-ring (bicyclic) bond motifs is 2. The molecule has 0 atom stereocenters. The number of anilines is 3. The van der Waals surface area contributed by atoms with E-state index < -0.39 is 10.1 Å². The van der Waals surface area contributed by atoms with E-state index in [1.54, 1.807) is 18.2 Å². The largest absolute Gasteiger partial charge is 0.383 e. The molecule has 1 aliphatic rings. The molecule has 0 bridgehead atoms. The Morgan fingerprint density at radius 1 is 0.806 bits per heavy atom. The molecule has 1 fully saturated rings. The van der Waals surface area contributed by atoms with Gasteiger partial charge in [-0.25, -0.2) is 4.98 Å². The van der Waals surface area contributed by atoms with Crippen molar-refractivity contribution in [1.82, 2.24) is 9.97 Å². The molecule has 3 aromatic carbocycles. The molecule has 158 valence electrons. The molecule has 4 aromatic rings. The molecule has 0 amide bonds. The van der Waals surface area contributed by atoms with Crippen LogP contribution in [0.5, 0.6) is 0 Å². The van der Waals surface area contributed by atoms with Gasteiger partial charge in [0.2, 0.25) is 5.95 Å². The lowest BCUT2D eigenvalue weighted by Gasteiger charge is -2.37. The minimum absolute atomic E-state index is 0.0507. The van der Waals surface area contributed by atoms with Crippen LogP contribution in [0.1, 0.15) is 0 Å². The van der Waals surface area contributed by atoms with Gasteiger partial charge in [0.25, 0.3) is 10.1 Å². The minimum Gasteiger partial charge on any atom is -0.383 e. The average Bonchev–Trinajstić information content (AvgIpc) is 2.78. The van der Waals surface area contributed by atoms with Gasteiger partial charge in [-0.15, -0.1) is 0 Å². The van der Waals surface area contributed by atoms with E-state index in [9.17, 15) is 13.0 Å².